The zero-order chi connectivity index (χ0) is 12.9. The van der Waals surface area contributed by atoms with Crippen LogP contribution in [0, 0.1) is 0 Å². The Balaban J connectivity index is 2.13. The van der Waals surface area contributed by atoms with E-state index in [9.17, 15) is 23.1 Å². The van der Waals surface area contributed by atoms with Crippen molar-refractivity contribution in [3.63, 3.8) is 0 Å². The number of hydrogen-bond donors (Lipinski definition) is 2. The highest BCUT2D eigenvalue weighted by Crippen LogP contribution is 2.28. The van der Waals surface area contributed by atoms with Crippen molar-refractivity contribution in [2.75, 3.05) is 18.1 Å². The standard InChI is InChI=1S/C10H16F3NO2S/c11-10(12,13)7-17-5-8(15)14-6-9(16)3-1-2-4-9/h16H,1-7H2,(H,14,15). The Morgan fingerprint density at radius 1 is 1.35 bits per heavy atom. The number of carbonyl (C=O) groups excluding carboxylic acids is 1. The Morgan fingerprint density at radius 3 is 2.47 bits per heavy atom. The molecule has 0 bridgehead atoms. The van der Waals surface area contributed by atoms with E-state index in [4.69, 9.17) is 0 Å². The van der Waals surface area contributed by atoms with Gasteiger partial charge in [0, 0.05) is 6.54 Å². The molecule has 0 heterocycles. The molecule has 1 saturated carbocycles. The largest absolute Gasteiger partial charge is 0.397 e. The molecule has 100 valence electrons. The fraction of sp³-hybridized carbons (Fsp3) is 0.900. The van der Waals surface area contributed by atoms with Crippen molar-refractivity contribution < 1.29 is 23.1 Å². The SMILES string of the molecule is O=C(CSCC(F)(F)F)NCC1(O)CCCC1. The number of amides is 1. The third-order valence-electron chi connectivity index (χ3n) is 2.65. The van der Waals surface area contributed by atoms with Crippen LogP contribution >= 0.6 is 11.8 Å². The summed E-state index contributed by atoms with van der Waals surface area (Å²) in [4.78, 5) is 11.2. The second kappa shape index (κ2) is 5.95. The Hall–Kier alpha value is -0.430. The lowest BCUT2D eigenvalue weighted by Crippen LogP contribution is -2.41. The van der Waals surface area contributed by atoms with Crippen LogP contribution in [0.5, 0.6) is 0 Å². The molecule has 0 aromatic rings. The van der Waals surface area contributed by atoms with Crippen LogP contribution in [0.3, 0.4) is 0 Å². The monoisotopic (exact) mass is 271 g/mol. The molecule has 0 aromatic carbocycles. The van der Waals surface area contributed by atoms with Gasteiger partial charge in [0.2, 0.25) is 5.91 Å². The number of alkyl halides is 3. The van der Waals surface area contributed by atoms with Gasteiger partial charge in [0.05, 0.1) is 17.1 Å². The molecule has 1 aliphatic rings. The molecule has 1 fully saturated rings. The summed E-state index contributed by atoms with van der Waals surface area (Å²) in [6.45, 7) is 0.137. The molecular weight excluding hydrogens is 255 g/mol. The molecule has 0 radical (unpaired) electrons. The number of halogens is 3. The van der Waals surface area contributed by atoms with Crippen LogP contribution in [0.15, 0.2) is 0 Å². The van der Waals surface area contributed by atoms with Crippen molar-refractivity contribution in [2.45, 2.75) is 37.5 Å². The molecule has 1 aliphatic carbocycles. The highest BCUT2D eigenvalue weighted by atomic mass is 32.2. The van der Waals surface area contributed by atoms with Crippen molar-refractivity contribution in [2.24, 2.45) is 0 Å². The van der Waals surface area contributed by atoms with E-state index in [2.05, 4.69) is 5.32 Å². The Bertz CT molecular complexity index is 265. The van der Waals surface area contributed by atoms with Crippen LogP contribution in [0.2, 0.25) is 0 Å². The molecule has 0 aliphatic heterocycles. The second-order valence-electron chi connectivity index (χ2n) is 4.32. The summed E-state index contributed by atoms with van der Waals surface area (Å²) in [5, 5.41) is 12.4. The second-order valence-corrected chi connectivity index (χ2v) is 5.30. The Morgan fingerprint density at radius 2 is 1.94 bits per heavy atom. The summed E-state index contributed by atoms with van der Waals surface area (Å²) < 4.78 is 35.4. The maximum Gasteiger partial charge on any atom is 0.397 e. The van der Waals surface area contributed by atoms with Gasteiger partial charge in [-0.2, -0.15) is 13.2 Å². The summed E-state index contributed by atoms with van der Waals surface area (Å²) in [7, 11) is 0. The van der Waals surface area contributed by atoms with Crippen LogP contribution in [0.1, 0.15) is 25.7 Å². The first kappa shape index (κ1) is 14.6. The van der Waals surface area contributed by atoms with Gasteiger partial charge in [-0.3, -0.25) is 4.79 Å². The number of rotatable bonds is 5. The van der Waals surface area contributed by atoms with Crippen molar-refractivity contribution in [1.82, 2.24) is 5.32 Å². The molecule has 0 aromatic heterocycles. The molecule has 0 spiro atoms. The van der Waals surface area contributed by atoms with E-state index in [0.29, 0.717) is 24.6 Å². The van der Waals surface area contributed by atoms with Gasteiger partial charge in [0.1, 0.15) is 0 Å². The van der Waals surface area contributed by atoms with E-state index in [-0.39, 0.29) is 12.3 Å². The molecule has 0 saturated heterocycles. The van der Waals surface area contributed by atoms with Gasteiger partial charge in [0.15, 0.2) is 0 Å². The Labute approximate surface area is 102 Å². The highest BCUT2D eigenvalue weighted by molar-refractivity contribution is 8.00. The predicted molar refractivity (Wildman–Crippen MR) is 59.8 cm³/mol. The summed E-state index contributed by atoms with van der Waals surface area (Å²) >= 11 is 0.531. The Kier molecular flexibility index (Phi) is 5.12. The predicted octanol–water partition coefficient (Wildman–Crippen LogP) is 1.70. The minimum Gasteiger partial charge on any atom is -0.388 e. The first-order valence-corrected chi connectivity index (χ1v) is 6.60. The minimum atomic E-state index is -4.24. The molecular formula is C10H16F3NO2S. The van der Waals surface area contributed by atoms with Crippen LogP contribution in [0.4, 0.5) is 13.2 Å². The summed E-state index contributed by atoms with van der Waals surface area (Å²) in [6.07, 6.45) is -1.11. The number of nitrogens with one attached hydrogen (secondary N) is 1. The lowest BCUT2D eigenvalue weighted by atomic mass is 10.0. The van der Waals surface area contributed by atoms with Gasteiger partial charge in [-0.1, -0.05) is 12.8 Å². The normalized spacial score (nSPS) is 19.3. The van der Waals surface area contributed by atoms with Crippen molar-refractivity contribution >= 4 is 17.7 Å². The maximum atomic E-state index is 11.8. The van der Waals surface area contributed by atoms with Gasteiger partial charge >= 0.3 is 6.18 Å². The molecule has 7 heteroatoms. The molecule has 2 N–H and O–H groups in total. The van der Waals surface area contributed by atoms with Crippen LogP contribution in [0.25, 0.3) is 0 Å². The zero-order valence-electron chi connectivity index (χ0n) is 9.35. The first-order chi connectivity index (χ1) is 7.81. The molecule has 1 amide bonds. The first-order valence-electron chi connectivity index (χ1n) is 5.44. The van der Waals surface area contributed by atoms with E-state index in [1.165, 1.54) is 0 Å². The fourth-order valence-corrected chi connectivity index (χ4v) is 2.40. The van der Waals surface area contributed by atoms with Gasteiger partial charge in [-0.05, 0) is 12.8 Å². The van der Waals surface area contributed by atoms with Gasteiger partial charge in [-0.15, -0.1) is 11.8 Å². The van der Waals surface area contributed by atoms with E-state index >= 15 is 0 Å². The van der Waals surface area contributed by atoms with E-state index in [1.807, 2.05) is 0 Å². The van der Waals surface area contributed by atoms with Crippen LogP contribution in [-0.2, 0) is 4.79 Å². The lowest BCUT2D eigenvalue weighted by molar-refractivity contribution is -0.119. The number of aliphatic hydroxyl groups is 1. The number of thioether (sulfide) groups is 1. The van der Waals surface area contributed by atoms with E-state index in [0.717, 1.165) is 12.8 Å². The lowest BCUT2D eigenvalue weighted by Gasteiger charge is -2.22. The third kappa shape index (κ3) is 6.16. The average Bonchev–Trinajstić information content (AvgIpc) is 2.61. The van der Waals surface area contributed by atoms with Crippen LogP contribution < -0.4 is 5.32 Å². The van der Waals surface area contributed by atoms with Crippen molar-refractivity contribution in [3.05, 3.63) is 0 Å². The maximum absolute atomic E-state index is 11.8. The smallest absolute Gasteiger partial charge is 0.388 e. The molecule has 3 nitrogen and oxygen atoms in total. The third-order valence-corrected chi connectivity index (χ3v) is 3.65. The van der Waals surface area contributed by atoms with E-state index < -0.39 is 23.4 Å². The van der Waals surface area contributed by atoms with Crippen molar-refractivity contribution in [3.8, 4) is 0 Å². The summed E-state index contributed by atoms with van der Waals surface area (Å²) in [5.74, 6) is -1.71. The number of carbonyl (C=O) groups is 1. The average molecular weight is 271 g/mol. The van der Waals surface area contributed by atoms with E-state index in [1.54, 1.807) is 0 Å². The van der Waals surface area contributed by atoms with Gasteiger partial charge in [0.25, 0.3) is 0 Å². The fourth-order valence-electron chi connectivity index (χ4n) is 1.78. The summed E-state index contributed by atoms with van der Waals surface area (Å²) in [5.41, 5.74) is -0.857. The van der Waals surface area contributed by atoms with Gasteiger partial charge < -0.3 is 10.4 Å². The minimum absolute atomic E-state index is 0.137. The number of hydrogen-bond acceptors (Lipinski definition) is 3. The van der Waals surface area contributed by atoms with Crippen molar-refractivity contribution in [1.29, 1.82) is 0 Å². The molecule has 0 atom stereocenters. The quantitative estimate of drug-likeness (QED) is 0.800. The van der Waals surface area contributed by atoms with Gasteiger partial charge in [-0.25, -0.2) is 0 Å². The molecule has 0 unspecified atom stereocenters. The summed E-state index contributed by atoms with van der Waals surface area (Å²) in [6, 6.07) is 0. The highest BCUT2D eigenvalue weighted by Gasteiger charge is 2.31. The zero-order valence-corrected chi connectivity index (χ0v) is 10.2. The van der Waals surface area contributed by atoms with Crippen LogP contribution in [-0.4, -0.2) is 40.8 Å². The topological polar surface area (TPSA) is 49.3 Å². The molecule has 1 rings (SSSR count). The molecule has 17 heavy (non-hydrogen) atoms.